The number of nitrogens with zero attached hydrogens (tertiary/aromatic N) is 3. The van der Waals surface area contributed by atoms with E-state index in [0.29, 0.717) is 44.8 Å². The minimum absolute atomic E-state index is 0.0280. The van der Waals surface area contributed by atoms with E-state index in [0.717, 1.165) is 12.8 Å². The lowest BCUT2D eigenvalue weighted by Gasteiger charge is -2.35. The van der Waals surface area contributed by atoms with E-state index >= 15 is 0 Å². The maximum Gasteiger partial charge on any atom is 0.254 e. The second-order valence-electron chi connectivity index (χ2n) is 7.71. The van der Waals surface area contributed by atoms with Gasteiger partial charge in [0, 0.05) is 50.4 Å². The lowest BCUT2D eigenvalue weighted by Crippen LogP contribution is -2.50. The molecule has 2 aliphatic heterocycles. The third-order valence-electron chi connectivity index (χ3n) is 5.74. The van der Waals surface area contributed by atoms with Crippen LogP contribution in [-0.2, 0) is 10.0 Å². The van der Waals surface area contributed by atoms with Gasteiger partial charge < -0.3 is 9.80 Å². The van der Waals surface area contributed by atoms with Gasteiger partial charge in [-0.2, -0.15) is 4.31 Å². The van der Waals surface area contributed by atoms with Crippen molar-refractivity contribution in [3.63, 3.8) is 0 Å². The van der Waals surface area contributed by atoms with Crippen molar-refractivity contribution in [2.24, 2.45) is 0 Å². The number of piperazine rings is 1. The Hall–Kier alpha value is -2.42. The molecule has 4 rings (SSSR count). The zero-order chi connectivity index (χ0) is 22.0. The molecular weight excluding hydrogens is 438 g/mol. The average Bonchev–Trinajstić information content (AvgIpc) is 3.35. The van der Waals surface area contributed by atoms with Crippen molar-refractivity contribution in [1.82, 2.24) is 14.1 Å². The van der Waals surface area contributed by atoms with Crippen LogP contribution in [0.5, 0.6) is 0 Å². The molecule has 0 saturated carbocycles. The first-order valence-electron chi connectivity index (χ1n) is 10.3. The van der Waals surface area contributed by atoms with Gasteiger partial charge in [-0.3, -0.25) is 9.59 Å². The van der Waals surface area contributed by atoms with E-state index in [1.807, 2.05) is 18.2 Å². The standard InChI is InChI=1S/C22H24ClN3O4S/c23-19-9-8-18(16-20(19)31(29,30)26-10-4-5-11-26)22(28)25-14-12-24(13-15-25)21(27)17-6-2-1-3-7-17/h1-3,6-9,16H,4-5,10-15H2. The van der Waals surface area contributed by atoms with Crippen molar-refractivity contribution in [3.8, 4) is 0 Å². The number of benzene rings is 2. The van der Waals surface area contributed by atoms with E-state index in [2.05, 4.69) is 0 Å². The molecule has 9 heteroatoms. The number of amides is 2. The minimum atomic E-state index is -3.73. The smallest absolute Gasteiger partial charge is 0.254 e. The van der Waals surface area contributed by atoms with Crippen LogP contribution in [0.2, 0.25) is 5.02 Å². The Bertz CT molecular complexity index is 1080. The van der Waals surface area contributed by atoms with Crippen molar-refractivity contribution < 1.29 is 18.0 Å². The molecular formula is C22H24ClN3O4S. The van der Waals surface area contributed by atoms with Crippen LogP contribution >= 0.6 is 11.6 Å². The van der Waals surface area contributed by atoms with E-state index in [4.69, 9.17) is 11.6 Å². The van der Waals surface area contributed by atoms with Crippen molar-refractivity contribution in [2.45, 2.75) is 17.7 Å². The highest BCUT2D eigenvalue weighted by Crippen LogP contribution is 2.28. The highest BCUT2D eigenvalue weighted by Gasteiger charge is 2.31. The summed E-state index contributed by atoms with van der Waals surface area (Å²) < 4.78 is 27.3. The molecule has 0 atom stereocenters. The van der Waals surface area contributed by atoms with Gasteiger partial charge in [0.15, 0.2) is 0 Å². The number of rotatable bonds is 4. The summed E-state index contributed by atoms with van der Waals surface area (Å²) in [6.45, 7) is 2.54. The molecule has 2 fully saturated rings. The lowest BCUT2D eigenvalue weighted by molar-refractivity contribution is 0.0535. The fourth-order valence-corrected chi connectivity index (χ4v) is 5.98. The SMILES string of the molecule is O=C(c1ccccc1)N1CCN(C(=O)c2ccc(Cl)c(S(=O)(=O)N3CCCC3)c2)CC1. The van der Waals surface area contributed by atoms with E-state index in [1.54, 1.807) is 28.0 Å². The first-order valence-corrected chi connectivity index (χ1v) is 12.1. The Morgan fingerprint density at radius 2 is 1.29 bits per heavy atom. The molecule has 2 amide bonds. The van der Waals surface area contributed by atoms with Gasteiger partial charge >= 0.3 is 0 Å². The molecule has 0 unspecified atom stereocenters. The molecule has 2 aromatic carbocycles. The van der Waals surface area contributed by atoms with Crippen LogP contribution in [0.1, 0.15) is 33.6 Å². The number of hydrogen-bond donors (Lipinski definition) is 0. The Labute approximate surface area is 187 Å². The van der Waals surface area contributed by atoms with Gasteiger partial charge in [0.2, 0.25) is 10.0 Å². The summed E-state index contributed by atoms with van der Waals surface area (Å²) in [5, 5.41) is 0.113. The summed E-state index contributed by atoms with van der Waals surface area (Å²) in [6.07, 6.45) is 1.64. The zero-order valence-electron chi connectivity index (χ0n) is 17.0. The number of sulfonamides is 1. The Morgan fingerprint density at radius 3 is 1.87 bits per heavy atom. The summed E-state index contributed by atoms with van der Waals surface area (Å²) in [5.41, 5.74) is 0.904. The summed E-state index contributed by atoms with van der Waals surface area (Å²) in [7, 11) is -3.73. The molecule has 0 bridgehead atoms. The van der Waals surface area contributed by atoms with Gasteiger partial charge in [0.05, 0.1) is 5.02 Å². The molecule has 2 heterocycles. The molecule has 2 aromatic rings. The van der Waals surface area contributed by atoms with Crippen LogP contribution in [0, 0.1) is 0 Å². The number of carbonyl (C=O) groups is 2. The largest absolute Gasteiger partial charge is 0.335 e. The molecule has 0 radical (unpaired) electrons. The van der Waals surface area contributed by atoms with E-state index in [9.17, 15) is 18.0 Å². The predicted octanol–water partition coefficient (Wildman–Crippen LogP) is 2.72. The van der Waals surface area contributed by atoms with E-state index in [1.165, 1.54) is 16.4 Å². The topological polar surface area (TPSA) is 78.0 Å². The molecule has 0 aliphatic carbocycles. The van der Waals surface area contributed by atoms with Crippen molar-refractivity contribution >= 4 is 33.4 Å². The molecule has 0 N–H and O–H groups in total. The summed E-state index contributed by atoms with van der Waals surface area (Å²) >= 11 is 6.19. The van der Waals surface area contributed by atoms with Crippen molar-refractivity contribution in [3.05, 3.63) is 64.7 Å². The summed E-state index contributed by atoms with van der Waals surface area (Å²) in [5.74, 6) is -0.320. The Morgan fingerprint density at radius 1 is 0.742 bits per heavy atom. The molecule has 2 aliphatic rings. The van der Waals surface area contributed by atoms with Gasteiger partial charge in [-0.25, -0.2) is 8.42 Å². The van der Waals surface area contributed by atoms with Gasteiger partial charge in [-0.15, -0.1) is 0 Å². The molecule has 2 saturated heterocycles. The highest BCUT2D eigenvalue weighted by molar-refractivity contribution is 7.89. The van der Waals surface area contributed by atoms with E-state index < -0.39 is 10.0 Å². The van der Waals surface area contributed by atoms with Crippen LogP contribution in [0.4, 0.5) is 0 Å². The number of carbonyl (C=O) groups excluding carboxylic acids is 2. The van der Waals surface area contributed by atoms with Crippen molar-refractivity contribution in [2.75, 3.05) is 39.3 Å². The lowest BCUT2D eigenvalue weighted by atomic mass is 10.1. The van der Waals surface area contributed by atoms with Gasteiger partial charge in [-0.05, 0) is 43.2 Å². The van der Waals surface area contributed by atoms with E-state index in [-0.39, 0.29) is 27.3 Å². The monoisotopic (exact) mass is 461 g/mol. The normalized spacial score (nSPS) is 17.7. The molecule has 7 nitrogen and oxygen atoms in total. The second-order valence-corrected chi connectivity index (χ2v) is 10.0. The molecule has 164 valence electrons. The Kier molecular flexibility index (Phi) is 6.31. The number of hydrogen-bond acceptors (Lipinski definition) is 4. The quantitative estimate of drug-likeness (QED) is 0.701. The molecule has 0 spiro atoms. The third-order valence-corrected chi connectivity index (χ3v) is 8.12. The minimum Gasteiger partial charge on any atom is -0.335 e. The van der Waals surface area contributed by atoms with Crippen molar-refractivity contribution in [1.29, 1.82) is 0 Å². The Balaban J connectivity index is 1.46. The van der Waals surface area contributed by atoms with Gasteiger partial charge in [0.1, 0.15) is 4.90 Å². The second kappa shape index (κ2) is 8.98. The van der Waals surface area contributed by atoms with Crippen LogP contribution < -0.4 is 0 Å². The number of halogens is 1. The van der Waals surface area contributed by atoms with Crippen LogP contribution in [-0.4, -0.2) is 73.6 Å². The fourth-order valence-electron chi connectivity index (χ4n) is 3.96. The zero-order valence-corrected chi connectivity index (χ0v) is 18.6. The molecule has 0 aromatic heterocycles. The van der Waals surface area contributed by atoms with Gasteiger partial charge in [0.25, 0.3) is 11.8 Å². The maximum atomic E-state index is 13.0. The third kappa shape index (κ3) is 4.46. The predicted molar refractivity (Wildman–Crippen MR) is 118 cm³/mol. The van der Waals surface area contributed by atoms with Crippen LogP contribution in [0.15, 0.2) is 53.4 Å². The summed E-state index contributed by atoms with van der Waals surface area (Å²) in [6, 6.07) is 13.4. The van der Waals surface area contributed by atoms with Crippen LogP contribution in [0.25, 0.3) is 0 Å². The van der Waals surface area contributed by atoms with Crippen LogP contribution in [0.3, 0.4) is 0 Å². The maximum absolute atomic E-state index is 13.0. The van der Waals surface area contributed by atoms with Gasteiger partial charge in [-0.1, -0.05) is 29.8 Å². The highest BCUT2D eigenvalue weighted by atomic mass is 35.5. The fraction of sp³-hybridized carbons (Fsp3) is 0.364. The summed E-state index contributed by atoms with van der Waals surface area (Å²) in [4.78, 5) is 29.0. The molecule has 31 heavy (non-hydrogen) atoms. The first-order chi connectivity index (χ1) is 14.9. The first kappa shape index (κ1) is 21.8. The average molecular weight is 462 g/mol.